The second-order valence-electron chi connectivity index (χ2n) is 11.1. The first-order valence-electron chi connectivity index (χ1n) is 13.4. The Morgan fingerprint density at radius 1 is 1.05 bits per heavy atom. The van der Waals surface area contributed by atoms with Gasteiger partial charge in [0.15, 0.2) is 15.8 Å². The Morgan fingerprint density at radius 3 is 2.39 bits per heavy atom. The van der Waals surface area contributed by atoms with Gasteiger partial charge in [0.25, 0.3) is 5.91 Å². The van der Waals surface area contributed by atoms with Crippen molar-refractivity contribution in [2.75, 3.05) is 6.61 Å². The van der Waals surface area contributed by atoms with Crippen LogP contribution < -0.4 is 14.9 Å². The number of thioether (sulfide) groups is 1. The molecule has 2 aromatic carbocycles. The minimum Gasteiger partial charge on any atom is -0.490 e. The number of nitrogens with zero attached hydrogens (tertiary/aromatic N) is 1. The van der Waals surface area contributed by atoms with Gasteiger partial charge in [-0.05, 0) is 105 Å². The van der Waals surface area contributed by atoms with Crippen LogP contribution in [0.2, 0.25) is 0 Å². The van der Waals surface area contributed by atoms with E-state index in [9.17, 15) is 9.59 Å². The topological polar surface area (TPSA) is 67.9 Å². The van der Waals surface area contributed by atoms with Crippen molar-refractivity contribution in [3.05, 3.63) is 64.6 Å². The van der Waals surface area contributed by atoms with Crippen LogP contribution in [0.3, 0.4) is 0 Å². The van der Waals surface area contributed by atoms with E-state index in [4.69, 9.17) is 21.7 Å². The predicted molar refractivity (Wildman–Crippen MR) is 152 cm³/mol. The standard InChI is InChI=1S/C30H32N2O4S2/c1-2-35-25-13-20(8-9-24(25)36-18-19-6-4-3-5-7-19)14-26-27(33)32(29(37)38-26)31-28(34)30-15-21-10-22(16-30)12-23(11-21)17-30/h3-9,13-14,21-23H,2,10-12,15-18H2,1H3,(H,31,34)/b26-14+. The zero-order valence-corrected chi connectivity index (χ0v) is 23.1. The Kier molecular flexibility index (Phi) is 6.95. The molecule has 38 heavy (non-hydrogen) atoms. The monoisotopic (exact) mass is 548 g/mol. The zero-order valence-electron chi connectivity index (χ0n) is 21.5. The summed E-state index contributed by atoms with van der Waals surface area (Å²) < 4.78 is 12.2. The van der Waals surface area contributed by atoms with Crippen molar-refractivity contribution in [2.45, 2.75) is 52.1 Å². The minimum atomic E-state index is -0.344. The molecule has 198 valence electrons. The van der Waals surface area contributed by atoms with Crippen molar-refractivity contribution >= 4 is 46.2 Å². The fourth-order valence-electron chi connectivity index (χ4n) is 7.06. The third kappa shape index (κ3) is 4.96. The van der Waals surface area contributed by atoms with Crippen molar-refractivity contribution in [2.24, 2.45) is 23.2 Å². The van der Waals surface area contributed by atoms with E-state index in [-0.39, 0.29) is 17.2 Å². The van der Waals surface area contributed by atoms with Gasteiger partial charge in [-0.2, -0.15) is 5.01 Å². The number of carbonyl (C=O) groups is 2. The van der Waals surface area contributed by atoms with Crippen LogP contribution >= 0.6 is 24.0 Å². The van der Waals surface area contributed by atoms with Crippen molar-refractivity contribution < 1.29 is 19.1 Å². The number of hydrazine groups is 1. The van der Waals surface area contributed by atoms with Crippen LogP contribution in [0.15, 0.2) is 53.4 Å². The predicted octanol–water partition coefficient (Wildman–Crippen LogP) is 6.11. The Morgan fingerprint density at radius 2 is 1.74 bits per heavy atom. The molecule has 5 aliphatic rings. The maximum Gasteiger partial charge on any atom is 0.285 e. The fraction of sp³-hybridized carbons (Fsp3) is 0.433. The van der Waals surface area contributed by atoms with Crippen LogP contribution in [-0.2, 0) is 16.2 Å². The van der Waals surface area contributed by atoms with Crippen molar-refractivity contribution in [1.29, 1.82) is 0 Å². The van der Waals surface area contributed by atoms with Crippen LogP contribution in [0.1, 0.15) is 56.6 Å². The molecule has 6 nitrogen and oxygen atoms in total. The van der Waals surface area contributed by atoms with Crippen LogP contribution in [0.5, 0.6) is 11.5 Å². The average molecular weight is 549 g/mol. The Hall–Kier alpha value is -2.84. The summed E-state index contributed by atoms with van der Waals surface area (Å²) in [5.41, 5.74) is 4.45. The maximum absolute atomic E-state index is 13.5. The van der Waals surface area contributed by atoms with Gasteiger partial charge >= 0.3 is 0 Å². The highest BCUT2D eigenvalue weighted by atomic mass is 32.2. The molecule has 1 saturated heterocycles. The molecule has 0 atom stereocenters. The van der Waals surface area contributed by atoms with Crippen LogP contribution in [0.4, 0.5) is 0 Å². The summed E-state index contributed by atoms with van der Waals surface area (Å²) in [7, 11) is 0. The normalized spacial score (nSPS) is 28.7. The van der Waals surface area contributed by atoms with Crippen LogP contribution in [-0.4, -0.2) is 27.8 Å². The third-order valence-electron chi connectivity index (χ3n) is 8.33. The Bertz CT molecular complexity index is 1260. The summed E-state index contributed by atoms with van der Waals surface area (Å²) in [4.78, 5) is 27.3. The first-order valence-corrected chi connectivity index (χ1v) is 14.7. The molecule has 2 aromatic rings. The smallest absolute Gasteiger partial charge is 0.285 e. The molecular weight excluding hydrogens is 516 g/mol. The van der Waals surface area contributed by atoms with Crippen molar-refractivity contribution in [3.8, 4) is 11.5 Å². The largest absolute Gasteiger partial charge is 0.490 e. The van der Waals surface area contributed by atoms with E-state index in [1.807, 2.05) is 55.5 Å². The van der Waals surface area contributed by atoms with Gasteiger partial charge in [-0.25, -0.2) is 0 Å². The summed E-state index contributed by atoms with van der Waals surface area (Å²) in [6, 6.07) is 15.6. The molecule has 7 rings (SSSR count). The molecule has 0 spiro atoms. The van der Waals surface area contributed by atoms with E-state index in [2.05, 4.69) is 5.43 Å². The van der Waals surface area contributed by atoms with Gasteiger partial charge in [-0.15, -0.1) is 0 Å². The highest BCUT2D eigenvalue weighted by molar-refractivity contribution is 8.26. The number of amides is 2. The number of benzene rings is 2. The summed E-state index contributed by atoms with van der Waals surface area (Å²) in [6.45, 7) is 2.84. The molecule has 0 aromatic heterocycles. The number of carbonyl (C=O) groups excluding carboxylic acids is 2. The summed E-state index contributed by atoms with van der Waals surface area (Å²) in [6.07, 6.45) is 8.39. The van der Waals surface area contributed by atoms with Gasteiger partial charge in [-0.1, -0.05) is 48.2 Å². The van der Waals surface area contributed by atoms with Gasteiger partial charge in [0.1, 0.15) is 6.61 Å². The van der Waals surface area contributed by atoms with Crippen LogP contribution in [0.25, 0.3) is 6.08 Å². The molecule has 1 aliphatic heterocycles. The van der Waals surface area contributed by atoms with E-state index in [0.717, 1.165) is 30.4 Å². The fourth-order valence-corrected chi connectivity index (χ4v) is 8.24. The molecule has 4 bridgehead atoms. The molecule has 4 aliphatic carbocycles. The Balaban J connectivity index is 1.15. The number of nitrogens with one attached hydrogen (secondary N) is 1. The highest BCUT2D eigenvalue weighted by Crippen LogP contribution is 2.60. The lowest BCUT2D eigenvalue weighted by Crippen LogP contribution is -2.57. The molecule has 8 heteroatoms. The number of ether oxygens (including phenoxy) is 2. The van der Waals surface area contributed by atoms with Gasteiger partial charge < -0.3 is 9.47 Å². The van der Waals surface area contributed by atoms with E-state index >= 15 is 0 Å². The molecule has 0 radical (unpaired) electrons. The van der Waals surface area contributed by atoms with Crippen LogP contribution in [0, 0.1) is 23.2 Å². The Labute approximate surface area is 233 Å². The number of thiocarbonyl (C=S) groups is 1. The second-order valence-corrected chi connectivity index (χ2v) is 12.7. The van der Waals surface area contributed by atoms with E-state index < -0.39 is 0 Å². The number of hydrogen-bond donors (Lipinski definition) is 1. The zero-order chi connectivity index (χ0) is 26.3. The van der Waals surface area contributed by atoms with Gasteiger partial charge in [-0.3, -0.25) is 15.0 Å². The minimum absolute atomic E-state index is 0.0345. The lowest BCUT2D eigenvalue weighted by atomic mass is 9.49. The molecule has 5 fully saturated rings. The highest BCUT2D eigenvalue weighted by Gasteiger charge is 2.55. The first-order chi connectivity index (χ1) is 18.4. The third-order valence-corrected chi connectivity index (χ3v) is 9.63. The molecule has 0 unspecified atom stereocenters. The molecule has 2 amide bonds. The summed E-state index contributed by atoms with van der Waals surface area (Å²) >= 11 is 6.72. The van der Waals surface area contributed by atoms with Crippen molar-refractivity contribution in [1.82, 2.24) is 10.4 Å². The second kappa shape index (κ2) is 10.4. The quantitative estimate of drug-likeness (QED) is 0.317. The molecule has 4 saturated carbocycles. The summed E-state index contributed by atoms with van der Waals surface area (Å²) in [5, 5.41) is 1.27. The lowest BCUT2D eigenvalue weighted by Gasteiger charge is -2.55. The van der Waals surface area contributed by atoms with Gasteiger partial charge in [0, 0.05) is 0 Å². The molecule has 1 heterocycles. The number of rotatable bonds is 8. The lowest BCUT2D eigenvalue weighted by molar-refractivity contribution is -0.152. The summed E-state index contributed by atoms with van der Waals surface area (Å²) in [5.74, 6) is 2.88. The first kappa shape index (κ1) is 25.4. The molecular formula is C30H32N2O4S2. The van der Waals surface area contributed by atoms with E-state index in [0.29, 0.717) is 51.7 Å². The van der Waals surface area contributed by atoms with E-state index in [1.54, 1.807) is 6.08 Å². The van der Waals surface area contributed by atoms with Gasteiger partial charge in [0.05, 0.1) is 16.9 Å². The molecule has 1 N–H and O–H groups in total. The SMILES string of the molecule is CCOc1cc(/C=C2/SC(=S)N(NC(=O)C34CC5CC(CC(C5)C3)C4)C2=O)ccc1OCc1ccccc1. The number of hydrogen-bond acceptors (Lipinski definition) is 6. The maximum atomic E-state index is 13.5. The average Bonchev–Trinajstić information content (AvgIpc) is 3.15. The van der Waals surface area contributed by atoms with Crippen molar-refractivity contribution in [3.63, 3.8) is 0 Å². The van der Waals surface area contributed by atoms with E-state index in [1.165, 1.54) is 36.0 Å². The van der Waals surface area contributed by atoms with Gasteiger partial charge in [0.2, 0.25) is 5.91 Å².